The van der Waals surface area contributed by atoms with Gasteiger partial charge in [0.15, 0.2) is 0 Å². The Bertz CT molecular complexity index is 379. The second kappa shape index (κ2) is 4.58. The fraction of sp³-hybridized carbons (Fsp3) is 0.667. The monoisotopic (exact) mass is 227 g/mol. The van der Waals surface area contributed by atoms with Crippen LogP contribution in [0.15, 0.2) is 4.52 Å². The van der Waals surface area contributed by atoms with E-state index in [4.69, 9.17) is 9.26 Å². The molecule has 1 aromatic heterocycles. The maximum atomic E-state index is 11.3. The molecule has 1 aromatic rings. The highest BCUT2D eigenvalue weighted by molar-refractivity contribution is 5.84. The predicted octanol–water partition coefficient (Wildman–Crippen LogP) is -0.358. The van der Waals surface area contributed by atoms with Crippen molar-refractivity contribution in [1.29, 1.82) is 0 Å². The Kier molecular flexibility index (Phi) is 3.16. The maximum Gasteiger partial charge on any atom is 0.379 e. The lowest BCUT2D eigenvalue weighted by atomic mass is 10.2. The summed E-state index contributed by atoms with van der Waals surface area (Å²) in [6.45, 7) is 2.46. The summed E-state index contributed by atoms with van der Waals surface area (Å²) in [4.78, 5) is 15.2. The number of hydrogen-bond donors (Lipinski definition) is 2. The van der Waals surface area contributed by atoms with Crippen LogP contribution in [-0.2, 0) is 4.74 Å². The minimum absolute atomic E-state index is 0.0833. The number of nitrogens with one attached hydrogen (secondary N) is 1. The lowest BCUT2D eigenvalue weighted by Gasteiger charge is -2.01. The third-order valence-corrected chi connectivity index (χ3v) is 2.31. The first-order valence-corrected chi connectivity index (χ1v) is 5.13. The Balaban J connectivity index is 2.04. The van der Waals surface area contributed by atoms with Crippen LogP contribution < -0.4 is 5.32 Å². The number of carbonyl (C=O) groups is 1. The van der Waals surface area contributed by atoms with Crippen molar-refractivity contribution in [1.82, 2.24) is 15.5 Å². The van der Waals surface area contributed by atoms with Crippen LogP contribution in [0, 0.1) is 0 Å². The van der Waals surface area contributed by atoms with E-state index >= 15 is 0 Å². The van der Waals surface area contributed by atoms with E-state index in [0.29, 0.717) is 18.9 Å². The van der Waals surface area contributed by atoms with Crippen LogP contribution in [0.3, 0.4) is 0 Å². The third-order valence-electron chi connectivity index (χ3n) is 2.31. The number of aromatic nitrogens is 2. The Labute approximate surface area is 91.8 Å². The zero-order valence-electron chi connectivity index (χ0n) is 8.84. The highest BCUT2D eigenvalue weighted by Gasteiger charge is 2.29. The number of aliphatic hydroxyl groups is 1. The van der Waals surface area contributed by atoms with Crippen molar-refractivity contribution in [3.63, 3.8) is 0 Å². The molecule has 2 unspecified atom stereocenters. The van der Waals surface area contributed by atoms with Crippen molar-refractivity contribution < 1.29 is 19.2 Å². The topological polar surface area (TPSA) is 97.5 Å². The summed E-state index contributed by atoms with van der Waals surface area (Å²) >= 11 is 0. The number of hydrogen-bond acceptors (Lipinski definition) is 7. The molecule has 7 nitrogen and oxygen atoms in total. The van der Waals surface area contributed by atoms with Gasteiger partial charge in [-0.2, -0.15) is 4.98 Å². The normalized spacial score (nSPS) is 24.6. The van der Waals surface area contributed by atoms with Crippen molar-refractivity contribution in [2.45, 2.75) is 25.5 Å². The molecule has 2 atom stereocenters. The van der Waals surface area contributed by atoms with Gasteiger partial charge in [0.1, 0.15) is 0 Å². The zero-order valence-corrected chi connectivity index (χ0v) is 8.84. The van der Waals surface area contributed by atoms with Crippen LogP contribution in [0.4, 0.5) is 0 Å². The van der Waals surface area contributed by atoms with Gasteiger partial charge in [-0.1, -0.05) is 0 Å². The average Bonchev–Trinajstić information content (AvgIpc) is 2.85. The van der Waals surface area contributed by atoms with Gasteiger partial charge < -0.3 is 19.7 Å². The van der Waals surface area contributed by atoms with Gasteiger partial charge >= 0.3 is 5.97 Å². The quantitative estimate of drug-likeness (QED) is 0.680. The van der Waals surface area contributed by atoms with E-state index < -0.39 is 12.1 Å². The number of nitrogens with zero attached hydrogens (tertiary/aromatic N) is 2. The molecule has 2 heterocycles. The van der Waals surface area contributed by atoms with Crippen molar-refractivity contribution in [2.75, 3.05) is 13.2 Å². The molecule has 0 saturated carbocycles. The highest BCUT2D eigenvalue weighted by atomic mass is 16.5. The number of rotatable bonds is 3. The van der Waals surface area contributed by atoms with Gasteiger partial charge in [0.25, 0.3) is 5.82 Å². The molecule has 7 heteroatoms. The van der Waals surface area contributed by atoms with Crippen LogP contribution in [0.5, 0.6) is 0 Å². The fourth-order valence-electron chi connectivity index (χ4n) is 1.56. The molecular formula is C9H13N3O4. The summed E-state index contributed by atoms with van der Waals surface area (Å²) < 4.78 is 9.66. The number of esters is 1. The first-order chi connectivity index (χ1) is 7.70. The van der Waals surface area contributed by atoms with Gasteiger partial charge in [-0.25, -0.2) is 4.79 Å². The summed E-state index contributed by atoms with van der Waals surface area (Å²) in [5.74, 6) is -0.379. The molecule has 0 amide bonds. The number of β-amino-alcohol motifs (C(OH)–C–C–N with tert-alkyl or cyclic N) is 1. The van der Waals surface area contributed by atoms with Crippen molar-refractivity contribution in [3.05, 3.63) is 11.7 Å². The minimum atomic E-state index is -0.601. The summed E-state index contributed by atoms with van der Waals surface area (Å²) in [5.41, 5.74) is 0. The Morgan fingerprint density at radius 3 is 3.19 bits per heavy atom. The molecule has 2 N–H and O–H groups in total. The zero-order chi connectivity index (χ0) is 11.5. The molecule has 2 rings (SSSR count). The second-order valence-electron chi connectivity index (χ2n) is 3.53. The van der Waals surface area contributed by atoms with Crippen LogP contribution in [-0.4, -0.2) is 40.5 Å². The Hall–Kier alpha value is -1.47. The molecular weight excluding hydrogens is 214 g/mol. The highest BCUT2D eigenvalue weighted by Crippen LogP contribution is 2.21. The Morgan fingerprint density at radius 1 is 1.75 bits per heavy atom. The molecule has 0 aromatic carbocycles. The summed E-state index contributed by atoms with van der Waals surface area (Å²) in [6, 6.07) is -0.189. The van der Waals surface area contributed by atoms with E-state index in [-0.39, 0.29) is 18.5 Å². The van der Waals surface area contributed by atoms with E-state index in [9.17, 15) is 9.90 Å². The number of aliphatic hydroxyl groups excluding tert-OH is 1. The van der Waals surface area contributed by atoms with Gasteiger partial charge in [-0.3, -0.25) is 0 Å². The lowest BCUT2D eigenvalue weighted by molar-refractivity contribution is 0.0508. The molecule has 0 spiro atoms. The van der Waals surface area contributed by atoms with Gasteiger partial charge in [-0.05, 0) is 18.5 Å². The molecule has 0 radical (unpaired) electrons. The minimum Gasteiger partial charge on any atom is -0.460 e. The number of ether oxygens (including phenoxy) is 1. The second-order valence-corrected chi connectivity index (χ2v) is 3.53. The van der Waals surface area contributed by atoms with E-state index in [2.05, 4.69) is 15.5 Å². The van der Waals surface area contributed by atoms with Gasteiger partial charge in [0.05, 0.1) is 18.8 Å². The maximum absolute atomic E-state index is 11.3. The van der Waals surface area contributed by atoms with E-state index in [1.807, 2.05) is 0 Å². The largest absolute Gasteiger partial charge is 0.460 e. The fourth-order valence-corrected chi connectivity index (χ4v) is 1.56. The smallest absolute Gasteiger partial charge is 0.379 e. The van der Waals surface area contributed by atoms with Crippen molar-refractivity contribution in [3.8, 4) is 0 Å². The molecule has 1 aliphatic rings. The standard InChI is InChI=1S/C9H13N3O4/c1-2-15-9(14)7-11-8(16-12-7)6-3-5(13)4-10-6/h5-6,10,13H,2-4H2,1H3. The van der Waals surface area contributed by atoms with Crippen LogP contribution in [0.25, 0.3) is 0 Å². The SMILES string of the molecule is CCOC(=O)c1noc(C2CC(O)CN2)n1. The average molecular weight is 227 g/mol. The molecule has 1 aliphatic heterocycles. The predicted molar refractivity (Wildman–Crippen MR) is 51.6 cm³/mol. The van der Waals surface area contributed by atoms with Crippen LogP contribution in [0.2, 0.25) is 0 Å². The molecule has 88 valence electrons. The molecule has 16 heavy (non-hydrogen) atoms. The van der Waals surface area contributed by atoms with Crippen LogP contribution >= 0.6 is 0 Å². The summed E-state index contributed by atoms with van der Waals surface area (Å²) in [7, 11) is 0. The first kappa shape index (κ1) is 11.0. The van der Waals surface area contributed by atoms with E-state index in [1.165, 1.54) is 0 Å². The molecule has 0 bridgehead atoms. The van der Waals surface area contributed by atoms with Crippen LogP contribution in [0.1, 0.15) is 35.9 Å². The third kappa shape index (κ3) is 2.20. The molecule has 1 saturated heterocycles. The summed E-state index contributed by atoms with van der Waals surface area (Å²) in [6.07, 6.45) is 0.0905. The van der Waals surface area contributed by atoms with E-state index in [1.54, 1.807) is 6.92 Å². The first-order valence-electron chi connectivity index (χ1n) is 5.13. The van der Waals surface area contributed by atoms with Gasteiger partial charge in [-0.15, -0.1) is 0 Å². The van der Waals surface area contributed by atoms with E-state index in [0.717, 1.165) is 0 Å². The molecule has 0 aliphatic carbocycles. The lowest BCUT2D eigenvalue weighted by Crippen LogP contribution is -2.15. The van der Waals surface area contributed by atoms with Gasteiger partial charge in [0.2, 0.25) is 5.89 Å². The van der Waals surface area contributed by atoms with Gasteiger partial charge in [0, 0.05) is 6.54 Å². The molecule has 1 fully saturated rings. The number of carbonyl (C=O) groups excluding carboxylic acids is 1. The van der Waals surface area contributed by atoms with Crippen molar-refractivity contribution in [2.24, 2.45) is 0 Å². The van der Waals surface area contributed by atoms with Crippen molar-refractivity contribution >= 4 is 5.97 Å². The summed E-state index contributed by atoms with van der Waals surface area (Å²) in [5, 5.41) is 15.8. The Morgan fingerprint density at radius 2 is 2.56 bits per heavy atom.